The lowest BCUT2D eigenvalue weighted by Crippen LogP contribution is -2.22. The Kier molecular flexibility index (Phi) is 4.05. The Morgan fingerprint density at radius 1 is 1.29 bits per heavy atom. The topological polar surface area (TPSA) is 60.9 Å². The van der Waals surface area contributed by atoms with Gasteiger partial charge in [-0.25, -0.2) is 0 Å². The Morgan fingerprint density at radius 2 is 2.00 bits per heavy atom. The average Bonchev–Trinajstić information content (AvgIpc) is 2.85. The number of aryl methyl sites for hydroxylation is 1. The maximum absolute atomic E-state index is 12.3. The molecule has 0 fully saturated rings. The summed E-state index contributed by atoms with van der Waals surface area (Å²) in [6.45, 7) is -0.533. The molecule has 0 bridgehead atoms. The molecule has 2 rings (SSSR count). The second kappa shape index (κ2) is 5.62. The van der Waals surface area contributed by atoms with Crippen molar-refractivity contribution in [2.75, 3.05) is 0 Å². The number of pyridine rings is 1. The van der Waals surface area contributed by atoms with Gasteiger partial charge in [0.15, 0.2) is 0 Å². The second-order valence-corrected chi connectivity index (χ2v) is 4.06. The Balaban J connectivity index is 2.20. The van der Waals surface area contributed by atoms with E-state index in [0.717, 1.165) is 16.8 Å². The standard InChI is InChI=1S/C11H8F5N3O2/c12-8(13)10-18-17-9(21-10)6-1-3-19(7(20)5-6)4-2-11(14,15)16/h1,3,5,8H,2,4H2. The van der Waals surface area contributed by atoms with E-state index in [0.29, 0.717) is 0 Å². The number of nitrogens with zero attached hydrogens (tertiary/aromatic N) is 3. The van der Waals surface area contributed by atoms with Gasteiger partial charge in [-0.05, 0) is 6.07 Å². The first-order valence-corrected chi connectivity index (χ1v) is 5.65. The number of hydrogen-bond donors (Lipinski definition) is 0. The summed E-state index contributed by atoms with van der Waals surface area (Å²) in [4.78, 5) is 11.6. The highest BCUT2D eigenvalue weighted by atomic mass is 19.4. The predicted molar refractivity (Wildman–Crippen MR) is 59.6 cm³/mol. The highest BCUT2D eigenvalue weighted by Crippen LogP contribution is 2.23. The number of alkyl halides is 5. The average molecular weight is 309 g/mol. The van der Waals surface area contributed by atoms with Crippen LogP contribution in [0.4, 0.5) is 22.0 Å². The van der Waals surface area contributed by atoms with Gasteiger partial charge in [0.05, 0.1) is 6.42 Å². The monoisotopic (exact) mass is 309 g/mol. The van der Waals surface area contributed by atoms with E-state index < -0.39 is 37.0 Å². The van der Waals surface area contributed by atoms with E-state index >= 15 is 0 Å². The zero-order chi connectivity index (χ0) is 15.6. The van der Waals surface area contributed by atoms with Crippen LogP contribution in [0.15, 0.2) is 27.5 Å². The second-order valence-electron chi connectivity index (χ2n) is 4.06. The summed E-state index contributed by atoms with van der Waals surface area (Å²) in [7, 11) is 0. The molecule has 0 saturated heterocycles. The fraction of sp³-hybridized carbons (Fsp3) is 0.364. The van der Waals surface area contributed by atoms with Gasteiger partial charge < -0.3 is 8.98 Å². The van der Waals surface area contributed by atoms with E-state index in [1.165, 1.54) is 6.07 Å². The van der Waals surface area contributed by atoms with Crippen molar-refractivity contribution >= 4 is 0 Å². The zero-order valence-corrected chi connectivity index (χ0v) is 10.3. The molecule has 0 aromatic carbocycles. The van der Waals surface area contributed by atoms with Gasteiger partial charge in [-0.2, -0.15) is 22.0 Å². The largest absolute Gasteiger partial charge is 0.415 e. The van der Waals surface area contributed by atoms with Gasteiger partial charge in [-0.15, -0.1) is 10.2 Å². The third-order valence-electron chi connectivity index (χ3n) is 2.51. The van der Waals surface area contributed by atoms with Gasteiger partial charge >= 0.3 is 12.6 Å². The summed E-state index contributed by atoms with van der Waals surface area (Å²) in [5.41, 5.74) is -0.670. The zero-order valence-electron chi connectivity index (χ0n) is 10.3. The maximum Gasteiger partial charge on any atom is 0.390 e. The Morgan fingerprint density at radius 3 is 2.52 bits per heavy atom. The van der Waals surface area contributed by atoms with Gasteiger partial charge in [0.1, 0.15) is 0 Å². The van der Waals surface area contributed by atoms with Gasteiger partial charge in [0.2, 0.25) is 5.89 Å². The molecule has 0 unspecified atom stereocenters. The first kappa shape index (κ1) is 15.1. The summed E-state index contributed by atoms with van der Waals surface area (Å²) in [6, 6.07) is 2.18. The summed E-state index contributed by atoms with van der Waals surface area (Å²) < 4.78 is 66.3. The van der Waals surface area contributed by atoms with Crippen LogP contribution in [0.5, 0.6) is 0 Å². The molecule has 0 amide bonds. The van der Waals surface area contributed by atoms with Gasteiger partial charge in [0, 0.05) is 24.4 Å². The number of halogens is 5. The fourth-order valence-electron chi connectivity index (χ4n) is 1.51. The minimum Gasteiger partial charge on any atom is -0.415 e. The third kappa shape index (κ3) is 3.86. The highest BCUT2D eigenvalue weighted by Gasteiger charge is 2.26. The van der Waals surface area contributed by atoms with Crippen molar-refractivity contribution in [2.45, 2.75) is 25.6 Å². The van der Waals surface area contributed by atoms with Gasteiger partial charge in [-0.1, -0.05) is 0 Å². The number of rotatable bonds is 4. The van der Waals surface area contributed by atoms with Crippen molar-refractivity contribution in [3.63, 3.8) is 0 Å². The van der Waals surface area contributed by atoms with Crippen LogP contribution in [0.25, 0.3) is 11.5 Å². The summed E-state index contributed by atoms with van der Waals surface area (Å²) >= 11 is 0. The smallest absolute Gasteiger partial charge is 0.390 e. The molecule has 114 valence electrons. The van der Waals surface area contributed by atoms with Crippen molar-refractivity contribution in [1.82, 2.24) is 14.8 Å². The lowest BCUT2D eigenvalue weighted by Gasteiger charge is -2.08. The van der Waals surface area contributed by atoms with Gasteiger partial charge in [0.25, 0.3) is 11.4 Å². The van der Waals surface area contributed by atoms with E-state index in [1.54, 1.807) is 0 Å². The van der Waals surface area contributed by atoms with Crippen LogP contribution >= 0.6 is 0 Å². The minimum absolute atomic E-state index is 0.0580. The van der Waals surface area contributed by atoms with Crippen LogP contribution in [0.2, 0.25) is 0 Å². The first-order valence-electron chi connectivity index (χ1n) is 5.65. The molecular weight excluding hydrogens is 301 g/mol. The fourth-order valence-corrected chi connectivity index (χ4v) is 1.51. The third-order valence-corrected chi connectivity index (χ3v) is 2.51. The summed E-state index contributed by atoms with van der Waals surface area (Å²) in [5, 5.41) is 6.43. The molecule has 0 aliphatic heterocycles. The molecule has 2 heterocycles. The molecule has 5 nitrogen and oxygen atoms in total. The lowest BCUT2D eigenvalue weighted by atomic mass is 10.2. The summed E-state index contributed by atoms with van der Waals surface area (Å²) in [6.07, 6.45) is -7.37. The quantitative estimate of drug-likeness (QED) is 0.815. The van der Waals surface area contributed by atoms with Gasteiger partial charge in [-0.3, -0.25) is 4.79 Å². The predicted octanol–water partition coefficient (Wildman–Crippen LogP) is 2.79. The number of aromatic nitrogens is 3. The van der Waals surface area contributed by atoms with E-state index in [-0.39, 0.29) is 11.5 Å². The molecule has 10 heteroatoms. The lowest BCUT2D eigenvalue weighted by molar-refractivity contribution is -0.136. The van der Waals surface area contributed by atoms with E-state index in [2.05, 4.69) is 14.6 Å². The minimum atomic E-state index is -4.38. The molecular formula is C11H8F5N3O2. The van der Waals surface area contributed by atoms with Crippen LogP contribution in [0.3, 0.4) is 0 Å². The van der Waals surface area contributed by atoms with Crippen LogP contribution in [0.1, 0.15) is 18.7 Å². The highest BCUT2D eigenvalue weighted by molar-refractivity contribution is 5.50. The Labute approximate surface area is 114 Å². The molecule has 2 aromatic rings. The molecule has 0 spiro atoms. The van der Waals surface area contributed by atoms with E-state index in [1.807, 2.05) is 0 Å². The molecule has 0 aliphatic carbocycles. The summed E-state index contributed by atoms with van der Waals surface area (Å²) in [5.74, 6) is -1.20. The molecule has 21 heavy (non-hydrogen) atoms. The van der Waals surface area contributed by atoms with Crippen LogP contribution < -0.4 is 5.56 Å². The van der Waals surface area contributed by atoms with Crippen LogP contribution in [0, 0.1) is 0 Å². The molecule has 0 aliphatic rings. The van der Waals surface area contributed by atoms with Crippen molar-refractivity contribution in [3.8, 4) is 11.5 Å². The molecule has 0 N–H and O–H groups in total. The van der Waals surface area contributed by atoms with Crippen molar-refractivity contribution in [2.24, 2.45) is 0 Å². The number of hydrogen-bond acceptors (Lipinski definition) is 4. The maximum atomic E-state index is 12.3. The first-order chi connectivity index (χ1) is 9.76. The van der Waals surface area contributed by atoms with E-state index in [9.17, 15) is 26.7 Å². The Bertz CT molecular complexity index is 677. The van der Waals surface area contributed by atoms with Crippen molar-refractivity contribution < 1.29 is 26.4 Å². The molecule has 2 aromatic heterocycles. The molecule has 0 radical (unpaired) electrons. The molecule has 0 atom stereocenters. The van der Waals surface area contributed by atoms with Crippen molar-refractivity contribution in [1.29, 1.82) is 0 Å². The molecule has 0 saturated carbocycles. The normalized spacial score (nSPS) is 12.1. The van der Waals surface area contributed by atoms with E-state index in [4.69, 9.17) is 0 Å². The Hall–Kier alpha value is -2.26. The van der Waals surface area contributed by atoms with Crippen LogP contribution in [-0.4, -0.2) is 20.9 Å². The van der Waals surface area contributed by atoms with Crippen molar-refractivity contribution in [3.05, 3.63) is 34.6 Å². The van der Waals surface area contributed by atoms with Crippen LogP contribution in [-0.2, 0) is 6.54 Å². The SMILES string of the molecule is O=c1cc(-c2nnc(C(F)F)o2)ccn1CCC(F)(F)F.